The molecule has 2 N–H and O–H groups in total. The minimum absolute atomic E-state index is 0.302. The molecule has 1 amide bonds. The first-order valence-electron chi connectivity index (χ1n) is 6.63. The lowest BCUT2D eigenvalue weighted by Crippen LogP contribution is -2.43. The summed E-state index contributed by atoms with van der Waals surface area (Å²) >= 11 is 0. The molecule has 3 heteroatoms. The smallest absolute Gasteiger partial charge is 0.222 e. The highest BCUT2D eigenvalue weighted by Gasteiger charge is 2.27. The Balaban J connectivity index is 2.06. The van der Waals surface area contributed by atoms with Crippen LogP contribution in [0.4, 0.5) is 0 Å². The molecule has 3 nitrogen and oxygen atoms in total. The second kappa shape index (κ2) is 6.89. The van der Waals surface area contributed by atoms with Crippen LogP contribution < -0.4 is 5.73 Å². The predicted octanol–water partition coefficient (Wildman–Crippen LogP) is 2.15. The third-order valence-corrected chi connectivity index (χ3v) is 3.47. The SMILES string of the molecule is CCCCCCC(=O)N(C)CC1CC(N)C1. The maximum atomic E-state index is 11.8. The molecule has 0 aromatic heterocycles. The van der Waals surface area contributed by atoms with E-state index in [2.05, 4.69) is 6.92 Å². The molecule has 94 valence electrons. The maximum Gasteiger partial charge on any atom is 0.222 e. The summed E-state index contributed by atoms with van der Waals surface area (Å²) in [5.74, 6) is 0.955. The zero-order valence-electron chi connectivity index (χ0n) is 10.7. The summed E-state index contributed by atoms with van der Waals surface area (Å²) in [6.45, 7) is 3.09. The summed E-state index contributed by atoms with van der Waals surface area (Å²) in [6.07, 6.45) is 7.60. The van der Waals surface area contributed by atoms with Crippen LogP contribution in [0.2, 0.25) is 0 Å². The minimum Gasteiger partial charge on any atom is -0.345 e. The Hall–Kier alpha value is -0.570. The van der Waals surface area contributed by atoms with E-state index in [4.69, 9.17) is 5.73 Å². The molecule has 0 aliphatic heterocycles. The van der Waals surface area contributed by atoms with Crippen LogP contribution in [0.1, 0.15) is 51.9 Å². The summed E-state index contributed by atoms with van der Waals surface area (Å²) in [5, 5.41) is 0. The van der Waals surface area contributed by atoms with Crippen LogP contribution in [0.15, 0.2) is 0 Å². The van der Waals surface area contributed by atoms with Gasteiger partial charge in [0, 0.05) is 26.1 Å². The highest BCUT2D eigenvalue weighted by Crippen LogP contribution is 2.26. The van der Waals surface area contributed by atoms with Crippen LogP contribution in [0, 0.1) is 5.92 Å². The molecule has 0 atom stereocenters. The molecule has 1 aliphatic carbocycles. The number of hydrogen-bond donors (Lipinski definition) is 1. The summed E-state index contributed by atoms with van der Waals surface area (Å²) < 4.78 is 0. The van der Waals surface area contributed by atoms with Crippen LogP contribution in [0.25, 0.3) is 0 Å². The molecule has 0 aromatic rings. The van der Waals surface area contributed by atoms with Crippen molar-refractivity contribution in [3.63, 3.8) is 0 Å². The molecule has 1 fully saturated rings. The zero-order valence-corrected chi connectivity index (χ0v) is 10.7. The van der Waals surface area contributed by atoms with E-state index >= 15 is 0 Å². The fourth-order valence-electron chi connectivity index (χ4n) is 2.32. The molecule has 0 unspecified atom stereocenters. The topological polar surface area (TPSA) is 46.3 Å². The van der Waals surface area contributed by atoms with Gasteiger partial charge in [-0.2, -0.15) is 0 Å². The molecular weight excluding hydrogens is 200 g/mol. The summed E-state index contributed by atoms with van der Waals surface area (Å²) in [4.78, 5) is 13.6. The van der Waals surface area contributed by atoms with Crippen LogP contribution >= 0.6 is 0 Å². The number of nitrogens with zero attached hydrogens (tertiary/aromatic N) is 1. The third-order valence-electron chi connectivity index (χ3n) is 3.47. The van der Waals surface area contributed by atoms with Crippen molar-refractivity contribution in [3.05, 3.63) is 0 Å². The number of nitrogens with two attached hydrogens (primary N) is 1. The lowest BCUT2D eigenvalue weighted by Gasteiger charge is -2.35. The number of rotatable bonds is 7. The van der Waals surface area contributed by atoms with Gasteiger partial charge in [-0.1, -0.05) is 26.2 Å². The largest absolute Gasteiger partial charge is 0.345 e. The summed E-state index contributed by atoms with van der Waals surface area (Å²) in [7, 11) is 1.92. The van der Waals surface area contributed by atoms with Crippen molar-refractivity contribution in [1.29, 1.82) is 0 Å². The predicted molar refractivity (Wildman–Crippen MR) is 67.1 cm³/mol. The molecule has 0 spiro atoms. The highest BCUT2D eigenvalue weighted by molar-refractivity contribution is 5.75. The quantitative estimate of drug-likeness (QED) is 0.676. The first-order valence-corrected chi connectivity index (χ1v) is 6.63. The molecule has 1 rings (SSSR count). The van der Waals surface area contributed by atoms with Crippen LogP contribution in [-0.4, -0.2) is 30.4 Å². The van der Waals surface area contributed by atoms with E-state index in [1.165, 1.54) is 19.3 Å². The molecule has 0 radical (unpaired) electrons. The molecule has 1 aliphatic rings. The van der Waals surface area contributed by atoms with Gasteiger partial charge in [-0.15, -0.1) is 0 Å². The van der Waals surface area contributed by atoms with E-state index in [1.807, 2.05) is 11.9 Å². The molecule has 0 saturated heterocycles. The van der Waals surface area contributed by atoms with Crippen molar-refractivity contribution >= 4 is 5.91 Å². The average Bonchev–Trinajstić information content (AvgIpc) is 2.21. The summed E-state index contributed by atoms with van der Waals surface area (Å²) in [6, 6.07) is 0.387. The molecule has 16 heavy (non-hydrogen) atoms. The lowest BCUT2D eigenvalue weighted by molar-refractivity contribution is -0.131. The first kappa shape index (κ1) is 13.5. The number of hydrogen-bond acceptors (Lipinski definition) is 2. The Kier molecular flexibility index (Phi) is 5.81. The monoisotopic (exact) mass is 226 g/mol. The highest BCUT2D eigenvalue weighted by atomic mass is 16.2. The van der Waals surface area contributed by atoms with Crippen molar-refractivity contribution in [2.45, 2.75) is 57.9 Å². The van der Waals surface area contributed by atoms with Gasteiger partial charge in [0.25, 0.3) is 0 Å². The van der Waals surface area contributed by atoms with Gasteiger partial charge < -0.3 is 10.6 Å². The van der Waals surface area contributed by atoms with E-state index in [0.717, 1.165) is 32.2 Å². The van der Waals surface area contributed by atoms with Crippen LogP contribution in [0.3, 0.4) is 0 Å². The van der Waals surface area contributed by atoms with Crippen molar-refractivity contribution in [1.82, 2.24) is 4.90 Å². The van der Waals surface area contributed by atoms with E-state index in [0.29, 0.717) is 17.9 Å². The van der Waals surface area contributed by atoms with Gasteiger partial charge in [0.1, 0.15) is 0 Å². The second-order valence-corrected chi connectivity index (χ2v) is 5.18. The maximum absolute atomic E-state index is 11.8. The zero-order chi connectivity index (χ0) is 12.0. The van der Waals surface area contributed by atoms with Crippen molar-refractivity contribution in [3.8, 4) is 0 Å². The lowest BCUT2D eigenvalue weighted by atomic mass is 9.80. The molecule has 0 aromatic carbocycles. The van der Waals surface area contributed by atoms with Gasteiger partial charge in [-0.05, 0) is 25.2 Å². The van der Waals surface area contributed by atoms with Gasteiger partial charge in [-0.3, -0.25) is 4.79 Å². The Bertz CT molecular complexity index is 212. The minimum atomic E-state index is 0.302. The Morgan fingerprint density at radius 1 is 1.31 bits per heavy atom. The van der Waals surface area contributed by atoms with Gasteiger partial charge in [0.2, 0.25) is 5.91 Å². The normalized spacial score (nSPS) is 23.9. The summed E-state index contributed by atoms with van der Waals surface area (Å²) in [5.41, 5.74) is 5.73. The van der Waals surface area contributed by atoms with Gasteiger partial charge in [0.15, 0.2) is 0 Å². The van der Waals surface area contributed by atoms with Crippen molar-refractivity contribution in [2.75, 3.05) is 13.6 Å². The second-order valence-electron chi connectivity index (χ2n) is 5.18. The van der Waals surface area contributed by atoms with Crippen molar-refractivity contribution < 1.29 is 4.79 Å². The fraction of sp³-hybridized carbons (Fsp3) is 0.923. The van der Waals surface area contributed by atoms with E-state index < -0.39 is 0 Å². The van der Waals surface area contributed by atoms with Gasteiger partial charge in [-0.25, -0.2) is 0 Å². The number of carbonyl (C=O) groups excluding carboxylic acids is 1. The Labute approximate surface area is 99.4 Å². The van der Waals surface area contributed by atoms with Gasteiger partial charge in [0.05, 0.1) is 0 Å². The van der Waals surface area contributed by atoms with Gasteiger partial charge >= 0.3 is 0 Å². The molecular formula is C13H26N2O. The van der Waals surface area contributed by atoms with Crippen LogP contribution in [-0.2, 0) is 4.79 Å². The first-order chi connectivity index (χ1) is 7.63. The van der Waals surface area contributed by atoms with Crippen molar-refractivity contribution in [2.24, 2.45) is 11.7 Å². The molecule has 1 saturated carbocycles. The molecule has 0 bridgehead atoms. The fourth-order valence-corrected chi connectivity index (χ4v) is 2.32. The van der Waals surface area contributed by atoms with E-state index in [-0.39, 0.29) is 0 Å². The average molecular weight is 226 g/mol. The number of unbranched alkanes of at least 4 members (excludes halogenated alkanes) is 3. The number of carbonyl (C=O) groups is 1. The number of amides is 1. The molecule has 0 heterocycles. The van der Waals surface area contributed by atoms with E-state index in [9.17, 15) is 4.79 Å². The van der Waals surface area contributed by atoms with Crippen LogP contribution in [0.5, 0.6) is 0 Å². The third kappa shape index (κ3) is 4.52. The Morgan fingerprint density at radius 2 is 2.00 bits per heavy atom. The Morgan fingerprint density at radius 3 is 2.56 bits per heavy atom. The van der Waals surface area contributed by atoms with E-state index in [1.54, 1.807) is 0 Å². The standard InChI is InChI=1S/C13H26N2O/c1-3-4-5-6-7-13(16)15(2)10-11-8-12(14)9-11/h11-12H,3-10,14H2,1-2H3.